The number of nitrogens with one attached hydrogen (secondary N) is 1. The van der Waals surface area contributed by atoms with E-state index in [0.29, 0.717) is 0 Å². The van der Waals surface area contributed by atoms with Crippen molar-refractivity contribution in [2.45, 2.75) is 12.8 Å². The molecule has 0 bridgehead atoms. The lowest BCUT2D eigenvalue weighted by atomic mass is 10.3. The van der Waals surface area contributed by atoms with Crippen LogP contribution in [0.2, 0.25) is 0 Å². The lowest BCUT2D eigenvalue weighted by Gasteiger charge is -1.93. The predicted octanol–water partition coefficient (Wildman–Crippen LogP) is -0.221. The van der Waals surface area contributed by atoms with Crippen LogP contribution in [0.5, 0.6) is 0 Å². The van der Waals surface area contributed by atoms with E-state index in [9.17, 15) is 0 Å². The normalized spacial score (nSPS) is 10.1. The van der Waals surface area contributed by atoms with Crippen LogP contribution in [0.15, 0.2) is 0 Å². The van der Waals surface area contributed by atoms with Gasteiger partial charge < -0.3 is 4.74 Å². The minimum Gasteiger partial charge on any atom is -0.385 e. The van der Waals surface area contributed by atoms with E-state index in [1.54, 1.807) is 7.11 Å². The maximum atomic E-state index is 4.86. The molecular weight excluding hydrogens is 132 g/mol. The van der Waals surface area contributed by atoms with Gasteiger partial charge in [-0.2, -0.15) is 0 Å². The van der Waals surface area contributed by atoms with Gasteiger partial charge in [-0.3, -0.25) is 0 Å². The summed E-state index contributed by atoms with van der Waals surface area (Å²) in [7, 11) is 1.68. The van der Waals surface area contributed by atoms with Gasteiger partial charge in [-0.15, -0.1) is 5.10 Å². The summed E-state index contributed by atoms with van der Waals surface area (Å²) in [6, 6.07) is 0. The fourth-order valence-electron chi connectivity index (χ4n) is 0.669. The summed E-state index contributed by atoms with van der Waals surface area (Å²) in [4.78, 5) is 0. The molecule has 0 atom stereocenters. The fraction of sp³-hybridized carbons (Fsp3) is 0.800. The largest absolute Gasteiger partial charge is 0.385 e. The summed E-state index contributed by atoms with van der Waals surface area (Å²) in [5.74, 6) is 0.817. The highest BCUT2D eigenvalue weighted by Crippen LogP contribution is 1.90. The molecule has 10 heavy (non-hydrogen) atoms. The zero-order valence-corrected chi connectivity index (χ0v) is 5.87. The highest BCUT2D eigenvalue weighted by Gasteiger charge is 1.94. The van der Waals surface area contributed by atoms with E-state index in [2.05, 4.69) is 20.6 Å². The number of nitrogens with zero attached hydrogens (tertiary/aromatic N) is 3. The molecule has 1 rings (SSSR count). The van der Waals surface area contributed by atoms with Crippen LogP contribution in [0.25, 0.3) is 0 Å². The molecule has 1 heterocycles. The van der Waals surface area contributed by atoms with Crippen LogP contribution < -0.4 is 0 Å². The molecule has 0 aliphatic rings. The molecule has 56 valence electrons. The average Bonchev–Trinajstić information content (AvgIpc) is 2.41. The Bertz CT molecular complexity index is 162. The van der Waals surface area contributed by atoms with Crippen molar-refractivity contribution in [2.75, 3.05) is 13.7 Å². The van der Waals surface area contributed by atoms with Crippen molar-refractivity contribution in [3.05, 3.63) is 5.82 Å². The second-order valence-corrected chi connectivity index (χ2v) is 1.94. The molecule has 5 heteroatoms. The number of tetrazole rings is 1. The third-order valence-corrected chi connectivity index (χ3v) is 1.15. The number of rotatable bonds is 4. The Balaban J connectivity index is 2.15. The van der Waals surface area contributed by atoms with Gasteiger partial charge in [-0.1, -0.05) is 0 Å². The monoisotopic (exact) mass is 142 g/mol. The van der Waals surface area contributed by atoms with E-state index in [1.807, 2.05) is 0 Å². The van der Waals surface area contributed by atoms with Crippen LogP contribution in [0.3, 0.4) is 0 Å². The fourth-order valence-corrected chi connectivity index (χ4v) is 0.669. The number of ether oxygens (including phenoxy) is 1. The maximum absolute atomic E-state index is 4.86. The highest BCUT2D eigenvalue weighted by molar-refractivity contribution is 4.74. The first-order chi connectivity index (χ1) is 4.93. The number of aromatic nitrogens is 4. The molecule has 0 radical (unpaired) electrons. The van der Waals surface area contributed by atoms with Gasteiger partial charge in [-0.25, -0.2) is 5.10 Å². The second kappa shape index (κ2) is 3.94. The predicted molar refractivity (Wildman–Crippen MR) is 34.4 cm³/mol. The Labute approximate surface area is 58.8 Å². The summed E-state index contributed by atoms with van der Waals surface area (Å²) >= 11 is 0. The minimum atomic E-state index is 0.751. The maximum Gasteiger partial charge on any atom is 0.148 e. The number of methoxy groups -OCH3 is 1. The number of aryl methyl sites for hydroxylation is 1. The Kier molecular flexibility index (Phi) is 2.82. The molecule has 1 N–H and O–H groups in total. The van der Waals surface area contributed by atoms with Crippen molar-refractivity contribution in [2.24, 2.45) is 0 Å². The first-order valence-electron chi connectivity index (χ1n) is 3.15. The summed E-state index contributed by atoms with van der Waals surface area (Å²) in [5, 5.41) is 13.3. The quantitative estimate of drug-likeness (QED) is 0.590. The highest BCUT2D eigenvalue weighted by atomic mass is 16.5. The van der Waals surface area contributed by atoms with Crippen LogP contribution in [0, 0.1) is 0 Å². The number of hydrogen-bond acceptors (Lipinski definition) is 4. The van der Waals surface area contributed by atoms with Crippen molar-refractivity contribution >= 4 is 0 Å². The van der Waals surface area contributed by atoms with E-state index in [-0.39, 0.29) is 0 Å². The zero-order valence-electron chi connectivity index (χ0n) is 5.87. The lowest BCUT2D eigenvalue weighted by molar-refractivity contribution is 0.194. The molecule has 1 aromatic rings. The third-order valence-electron chi connectivity index (χ3n) is 1.15. The van der Waals surface area contributed by atoms with Gasteiger partial charge in [0.1, 0.15) is 5.82 Å². The van der Waals surface area contributed by atoms with Gasteiger partial charge in [0.2, 0.25) is 0 Å². The van der Waals surface area contributed by atoms with Gasteiger partial charge in [0.05, 0.1) is 0 Å². The van der Waals surface area contributed by atoms with Crippen LogP contribution >= 0.6 is 0 Å². The van der Waals surface area contributed by atoms with E-state index in [0.717, 1.165) is 25.3 Å². The summed E-state index contributed by atoms with van der Waals surface area (Å²) in [5.41, 5.74) is 0. The Morgan fingerprint density at radius 3 is 3.10 bits per heavy atom. The van der Waals surface area contributed by atoms with Crippen molar-refractivity contribution < 1.29 is 4.74 Å². The summed E-state index contributed by atoms with van der Waals surface area (Å²) in [6.45, 7) is 0.751. The van der Waals surface area contributed by atoms with Crippen LogP contribution in [-0.2, 0) is 11.2 Å². The first-order valence-corrected chi connectivity index (χ1v) is 3.15. The van der Waals surface area contributed by atoms with Gasteiger partial charge in [-0.05, 0) is 16.8 Å². The SMILES string of the molecule is COCCCc1nnn[nH]1. The van der Waals surface area contributed by atoms with E-state index in [4.69, 9.17) is 4.74 Å². The summed E-state index contributed by atoms with van der Waals surface area (Å²) in [6.07, 6.45) is 1.80. The van der Waals surface area contributed by atoms with Gasteiger partial charge in [0, 0.05) is 20.1 Å². The van der Waals surface area contributed by atoms with Gasteiger partial charge >= 0.3 is 0 Å². The molecule has 0 spiro atoms. The molecule has 0 aliphatic heterocycles. The number of hydrogen-bond donors (Lipinski definition) is 1. The lowest BCUT2D eigenvalue weighted by Crippen LogP contribution is -1.94. The zero-order chi connectivity index (χ0) is 7.23. The molecule has 0 amide bonds. The third kappa shape index (κ3) is 2.10. The number of aromatic amines is 1. The Morgan fingerprint density at radius 2 is 2.50 bits per heavy atom. The van der Waals surface area contributed by atoms with Crippen molar-refractivity contribution in [3.63, 3.8) is 0 Å². The van der Waals surface area contributed by atoms with E-state index >= 15 is 0 Å². The molecule has 0 fully saturated rings. The number of H-pyrrole nitrogens is 1. The molecule has 0 aliphatic carbocycles. The molecule has 0 aromatic carbocycles. The van der Waals surface area contributed by atoms with E-state index < -0.39 is 0 Å². The van der Waals surface area contributed by atoms with E-state index in [1.165, 1.54) is 0 Å². The second-order valence-electron chi connectivity index (χ2n) is 1.94. The van der Waals surface area contributed by atoms with Crippen LogP contribution in [0.4, 0.5) is 0 Å². The van der Waals surface area contributed by atoms with Crippen molar-refractivity contribution in [1.29, 1.82) is 0 Å². The molecule has 0 unspecified atom stereocenters. The molecular formula is C5H10N4O. The minimum absolute atomic E-state index is 0.751. The summed E-state index contributed by atoms with van der Waals surface area (Å²) < 4.78 is 4.86. The van der Waals surface area contributed by atoms with Crippen molar-refractivity contribution in [3.8, 4) is 0 Å². The molecule has 1 aromatic heterocycles. The standard InChI is InChI=1S/C5H10N4O/c1-10-4-2-3-5-6-8-9-7-5/h2-4H2,1H3,(H,6,7,8,9). The topological polar surface area (TPSA) is 63.7 Å². The van der Waals surface area contributed by atoms with Crippen LogP contribution in [-0.4, -0.2) is 34.3 Å². The average molecular weight is 142 g/mol. The smallest absolute Gasteiger partial charge is 0.148 e. The van der Waals surface area contributed by atoms with Gasteiger partial charge in [0.25, 0.3) is 0 Å². The molecule has 5 nitrogen and oxygen atoms in total. The molecule has 0 saturated carbocycles. The Hall–Kier alpha value is -0.970. The first kappa shape index (κ1) is 7.14. The van der Waals surface area contributed by atoms with Crippen LogP contribution in [0.1, 0.15) is 12.2 Å². The van der Waals surface area contributed by atoms with Crippen molar-refractivity contribution in [1.82, 2.24) is 20.6 Å². The Morgan fingerprint density at radius 1 is 1.60 bits per heavy atom. The van der Waals surface area contributed by atoms with Gasteiger partial charge in [0.15, 0.2) is 0 Å². The molecule has 0 saturated heterocycles.